The van der Waals surface area contributed by atoms with E-state index in [0.29, 0.717) is 0 Å². The normalized spacial score (nSPS) is 17.8. The number of ketones is 1. The van der Waals surface area contributed by atoms with Gasteiger partial charge in [0.2, 0.25) is 0 Å². The molecular formula is C16H21F2NO. The van der Waals surface area contributed by atoms with Crippen molar-refractivity contribution in [2.45, 2.75) is 45.1 Å². The van der Waals surface area contributed by atoms with Crippen LogP contribution in [0.15, 0.2) is 18.2 Å². The molecule has 0 N–H and O–H groups in total. The van der Waals surface area contributed by atoms with E-state index in [9.17, 15) is 13.6 Å². The van der Waals surface area contributed by atoms with Crippen LogP contribution >= 0.6 is 0 Å². The number of hydrogen-bond acceptors (Lipinski definition) is 2. The van der Waals surface area contributed by atoms with Crippen LogP contribution in [0.25, 0.3) is 0 Å². The summed E-state index contributed by atoms with van der Waals surface area (Å²) in [4.78, 5) is 14.7. The Balaban J connectivity index is 2.25. The molecule has 1 saturated heterocycles. The summed E-state index contributed by atoms with van der Waals surface area (Å²) in [6, 6.07) is 3.15. The molecule has 0 unspecified atom stereocenters. The number of hydrogen-bond donors (Lipinski definition) is 0. The highest BCUT2D eigenvalue weighted by Gasteiger charge is 2.36. The van der Waals surface area contributed by atoms with Gasteiger partial charge in [0, 0.05) is 6.07 Å². The maximum absolute atomic E-state index is 13.8. The topological polar surface area (TPSA) is 20.3 Å². The zero-order valence-electron chi connectivity index (χ0n) is 12.1. The Hall–Kier alpha value is -1.29. The van der Waals surface area contributed by atoms with Crippen LogP contribution in [-0.4, -0.2) is 29.3 Å². The molecule has 2 rings (SSSR count). The largest absolute Gasteiger partial charge is 0.292 e. The molecule has 1 aliphatic rings. The number of benzene rings is 1. The van der Waals surface area contributed by atoms with Gasteiger partial charge in [0.05, 0.1) is 11.1 Å². The number of rotatable bonds is 3. The number of carbonyl (C=O) groups is 1. The first-order chi connectivity index (χ1) is 9.43. The summed E-state index contributed by atoms with van der Waals surface area (Å²) in [5.74, 6) is -1.72. The Morgan fingerprint density at radius 2 is 1.70 bits per heavy atom. The molecule has 2 nitrogen and oxygen atoms in total. The van der Waals surface area contributed by atoms with E-state index in [1.807, 2.05) is 13.8 Å². The fourth-order valence-corrected chi connectivity index (χ4v) is 2.78. The lowest BCUT2D eigenvalue weighted by molar-refractivity contribution is 0.0645. The van der Waals surface area contributed by atoms with Gasteiger partial charge in [0.25, 0.3) is 0 Å². The van der Waals surface area contributed by atoms with Gasteiger partial charge in [-0.2, -0.15) is 0 Å². The van der Waals surface area contributed by atoms with Crippen molar-refractivity contribution in [3.05, 3.63) is 35.4 Å². The summed E-state index contributed by atoms with van der Waals surface area (Å²) in [5.41, 5.74) is -0.788. The zero-order chi connectivity index (χ0) is 14.8. The first-order valence-corrected chi connectivity index (χ1v) is 7.18. The van der Waals surface area contributed by atoms with Gasteiger partial charge in [-0.05, 0) is 51.9 Å². The van der Waals surface area contributed by atoms with E-state index in [1.54, 1.807) is 0 Å². The lowest BCUT2D eigenvalue weighted by atomic mass is 9.90. The van der Waals surface area contributed by atoms with Crippen LogP contribution in [0.1, 0.15) is 49.9 Å². The molecule has 0 radical (unpaired) electrons. The Bertz CT molecular complexity index is 491. The third-order valence-electron chi connectivity index (χ3n) is 4.13. The molecule has 4 heteroatoms. The molecule has 1 fully saturated rings. The van der Waals surface area contributed by atoms with Crippen molar-refractivity contribution >= 4 is 5.78 Å². The van der Waals surface area contributed by atoms with Crippen molar-refractivity contribution in [3.63, 3.8) is 0 Å². The second kappa shape index (κ2) is 6.00. The maximum atomic E-state index is 13.8. The number of halogens is 2. The zero-order valence-corrected chi connectivity index (χ0v) is 12.1. The molecule has 0 amide bonds. The SMILES string of the molecule is CC(C)(C(=O)c1ccc(F)cc1F)N1CCCCCC1. The van der Waals surface area contributed by atoms with E-state index in [2.05, 4.69) is 4.90 Å². The summed E-state index contributed by atoms with van der Waals surface area (Å²) >= 11 is 0. The molecule has 0 spiro atoms. The molecule has 0 aliphatic carbocycles. The monoisotopic (exact) mass is 281 g/mol. The minimum absolute atomic E-state index is 0.0272. The highest BCUT2D eigenvalue weighted by Crippen LogP contribution is 2.25. The number of likely N-dealkylation sites (tertiary alicyclic amines) is 1. The van der Waals surface area contributed by atoms with Crippen molar-refractivity contribution in [3.8, 4) is 0 Å². The third-order valence-corrected chi connectivity index (χ3v) is 4.13. The Kier molecular flexibility index (Phi) is 4.53. The summed E-state index contributed by atoms with van der Waals surface area (Å²) in [6.07, 6.45) is 4.46. The number of Topliss-reactive ketones (excluding diaryl/α,β-unsaturated/α-hetero) is 1. The van der Waals surface area contributed by atoms with Gasteiger partial charge in [0.15, 0.2) is 5.78 Å². The molecular weight excluding hydrogens is 260 g/mol. The Morgan fingerprint density at radius 1 is 1.10 bits per heavy atom. The predicted molar refractivity (Wildman–Crippen MR) is 74.8 cm³/mol. The van der Waals surface area contributed by atoms with Crippen molar-refractivity contribution in [1.29, 1.82) is 0 Å². The van der Waals surface area contributed by atoms with Crippen LogP contribution in [0.3, 0.4) is 0 Å². The van der Waals surface area contributed by atoms with Crippen LogP contribution in [0, 0.1) is 11.6 Å². The van der Waals surface area contributed by atoms with Gasteiger partial charge in [-0.25, -0.2) is 8.78 Å². The van der Waals surface area contributed by atoms with Gasteiger partial charge in [-0.3, -0.25) is 9.69 Å². The van der Waals surface area contributed by atoms with Gasteiger partial charge in [-0.1, -0.05) is 12.8 Å². The molecule has 0 bridgehead atoms. The average molecular weight is 281 g/mol. The van der Waals surface area contributed by atoms with Crippen molar-refractivity contribution < 1.29 is 13.6 Å². The maximum Gasteiger partial charge on any atom is 0.185 e. The van der Waals surface area contributed by atoms with Crippen LogP contribution in [0.2, 0.25) is 0 Å². The predicted octanol–water partition coefficient (Wildman–Crippen LogP) is 3.80. The second-order valence-electron chi connectivity index (χ2n) is 5.91. The summed E-state index contributed by atoms with van der Waals surface area (Å²) in [6.45, 7) is 5.34. The lowest BCUT2D eigenvalue weighted by Crippen LogP contribution is -2.50. The van der Waals surface area contributed by atoms with Gasteiger partial charge in [-0.15, -0.1) is 0 Å². The average Bonchev–Trinajstić information content (AvgIpc) is 2.67. The quantitative estimate of drug-likeness (QED) is 0.785. The van der Waals surface area contributed by atoms with Gasteiger partial charge >= 0.3 is 0 Å². The van der Waals surface area contributed by atoms with E-state index in [1.165, 1.54) is 18.9 Å². The van der Waals surface area contributed by atoms with E-state index in [0.717, 1.165) is 38.1 Å². The van der Waals surface area contributed by atoms with Crippen molar-refractivity contribution in [2.75, 3.05) is 13.1 Å². The standard InChI is InChI=1S/C16H21F2NO/c1-16(2,19-9-5-3-4-6-10-19)15(20)13-8-7-12(17)11-14(13)18/h7-8,11H,3-6,9-10H2,1-2H3. The molecule has 110 valence electrons. The van der Waals surface area contributed by atoms with Crippen LogP contribution in [-0.2, 0) is 0 Å². The lowest BCUT2D eigenvalue weighted by Gasteiger charge is -2.36. The summed E-state index contributed by atoms with van der Waals surface area (Å²) in [7, 11) is 0. The number of carbonyl (C=O) groups excluding carboxylic acids is 1. The molecule has 0 aromatic heterocycles. The fourth-order valence-electron chi connectivity index (χ4n) is 2.78. The summed E-state index contributed by atoms with van der Waals surface area (Å²) < 4.78 is 26.8. The van der Waals surface area contributed by atoms with E-state index in [-0.39, 0.29) is 11.3 Å². The molecule has 1 aliphatic heterocycles. The molecule has 0 atom stereocenters. The Labute approximate surface area is 118 Å². The van der Waals surface area contributed by atoms with Gasteiger partial charge in [0.1, 0.15) is 11.6 Å². The summed E-state index contributed by atoms with van der Waals surface area (Å²) in [5, 5.41) is 0. The van der Waals surface area contributed by atoms with Crippen LogP contribution in [0.4, 0.5) is 8.78 Å². The number of nitrogens with zero attached hydrogens (tertiary/aromatic N) is 1. The van der Waals surface area contributed by atoms with Gasteiger partial charge < -0.3 is 0 Å². The smallest absolute Gasteiger partial charge is 0.185 e. The Morgan fingerprint density at radius 3 is 2.25 bits per heavy atom. The second-order valence-corrected chi connectivity index (χ2v) is 5.91. The molecule has 0 saturated carbocycles. The van der Waals surface area contributed by atoms with Crippen molar-refractivity contribution in [1.82, 2.24) is 4.90 Å². The fraction of sp³-hybridized carbons (Fsp3) is 0.562. The minimum Gasteiger partial charge on any atom is -0.292 e. The van der Waals surface area contributed by atoms with Crippen molar-refractivity contribution in [2.24, 2.45) is 0 Å². The molecule has 1 heterocycles. The molecule has 20 heavy (non-hydrogen) atoms. The highest BCUT2D eigenvalue weighted by atomic mass is 19.1. The molecule has 1 aromatic rings. The van der Waals surface area contributed by atoms with E-state index in [4.69, 9.17) is 0 Å². The van der Waals surface area contributed by atoms with Crippen LogP contribution in [0.5, 0.6) is 0 Å². The first-order valence-electron chi connectivity index (χ1n) is 7.18. The van der Waals surface area contributed by atoms with E-state index < -0.39 is 17.2 Å². The minimum atomic E-state index is -0.780. The highest BCUT2D eigenvalue weighted by molar-refractivity contribution is 6.02. The molecule has 1 aromatic carbocycles. The first kappa shape index (κ1) is 15.1. The van der Waals surface area contributed by atoms with E-state index >= 15 is 0 Å². The van der Waals surface area contributed by atoms with Crippen LogP contribution < -0.4 is 0 Å². The third kappa shape index (κ3) is 3.06.